The van der Waals surface area contributed by atoms with Crippen molar-refractivity contribution in [1.29, 1.82) is 0 Å². The molecule has 1 aromatic rings. The summed E-state index contributed by atoms with van der Waals surface area (Å²) in [7, 11) is 0. The number of piperazine rings is 1. The molecule has 1 fully saturated rings. The molecule has 0 amide bonds. The highest BCUT2D eigenvalue weighted by Gasteiger charge is 2.23. The molecule has 5 heteroatoms. The summed E-state index contributed by atoms with van der Waals surface area (Å²) in [5.41, 5.74) is 2.29. The van der Waals surface area contributed by atoms with E-state index in [9.17, 15) is 0 Å². The van der Waals surface area contributed by atoms with E-state index in [2.05, 4.69) is 35.4 Å². The van der Waals surface area contributed by atoms with Crippen LogP contribution in [-0.4, -0.2) is 41.8 Å². The molecule has 2 atom stereocenters. The lowest BCUT2D eigenvalue weighted by Crippen LogP contribution is -2.57. The number of hydrogen-bond donors (Lipinski definition) is 2. The number of para-hydroxylation sites is 1. The molecule has 2 N–H and O–H groups in total. The lowest BCUT2D eigenvalue weighted by molar-refractivity contribution is 0.254. The van der Waals surface area contributed by atoms with E-state index in [-0.39, 0.29) is 0 Å². The molecule has 1 saturated heterocycles. The van der Waals surface area contributed by atoms with Crippen LogP contribution in [-0.2, 0) is 0 Å². The average molecular weight is 303 g/mol. The van der Waals surface area contributed by atoms with Crippen molar-refractivity contribution >= 4 is 22.9 Å². The molecule has 4 nitrogen and oxygen atoms in total. The third kappa shape index (κ3) is 3.19. The van der Waals surface area contributed by atoms with Gasteiger partial charge in [-0.3, -0.25) is 0 Å². The van der Waals surface area contributed by atoms with E-state index in [0.717, 1.165) is 35.1 Å². The summed E-state index contributed by atoms with van der Waals surface area (Å²) in [6.07, 6.45) is 1.98. The van der Waals surface area contributed by atoms with Crippen LogP contribution in [0.5, 0.6) is 5.75 Å². The zero-order valence-electron chi connectivity index (χ0n) is 12.4. The van der Waals surface area contributed by atoms with Crippen LogP contribution in [0.4, 0.5) is 0 Å². The SMILES string of the molecule is C[C@@H]1CN(C(=S)N/C=C2/COc3ccccc32)C[C@H](C)N1. The molecule has 2 aliphatic heterocycles. The van der Waals surface area contributed by atoms with Gasteiger partial charge in [-0.1, -0.05) is 18.2 Å². The second-order valence-corrected chi connectivity index (χ2v) is 6.16. The average Bonchev–Trinajstić information content (AvgIpc) is 2.87. The zero-order valence-corrected chi connectivity index (χ0v) is 13.2. The lowest BCUT2D eigenvalue weighted by Gasteiger charge is -2.37. The zero-order chi connectivity index (χ0) is 14.8. The Morgan fingerprint density at radius 3 is 2.81 bits per heavy atom. The Morgan fingerprint density at radius 1 is 1.33 bits per heavy atom. The highest BCUT2D eigenvalue weighted by Crippen LogP contribution is 2.31. The molecule has 0 saturated carbocycles. The third-order valence-electron chi connectivity index (χ3n) is 3.83. The molecule has 0 unspecified atom stereocenters. The molecule has 0 spiro atoms. The Kier molecular flexibility index (Phi) is 4.12. The van der Waals surface area contributed by atoms with E-state index in [1.54, 1.807) is 0 Å². The molecule has 3 rings (SSSR count). The fourth-order valence-corrected chi connectivity index (χ4v) is 3.15. The number of rotatable bonds is 1. The number of nitrogens with one attached hydrogen (secondary N) is 2. The number of nitrogens with zero attached hydrogens (tertiary/aromatic N) is 1. The van der Waals surface area contributed by atoms with Crippen LogP contribution in [0.1, 0.15) is 19.4 Å². The highest BCUT2D eigenvalue weighted by atomic mass is 32.1. The van der Waals surface area contributed by atoms with Gasteiger partial charge in [0, 0.05) is 42.5 Å². The van der Waals surface area contributed by atoms with Crippen LogP contribution in [0.15, 0.2) is 30.5 Å². The molecule has 2 aliphatic rings. The first kappa shape index (κ1) is 14.4. The van der Waals surface area contributed by atoms with Gasteiger partial charge in [-0.25, -0.2) is 0 Å². The number of benzene rings is 1. The van der Waals surface area contributed by atoms with Crippen molar-refractivity contribution in [2.45, 2.75) is 25.9 Å². The Hall–Kier alpha value is -1.59. The van der Waals surface area contributed by atoms with Crippen LogP contribution < -0.4 is 15.4 Å². The molecular formula is C16H21N3OS. The van der Waals surface area contributed by atoms with Crippen LogP contribution in [0.25, 0.3) is 5.57 Å². The summed E-state index contributed by atoms with van der Waals surface area (Å²) in [5.74, 6) is 0.945. The number of ether oxygens (including phenoxy) is 1. The van der Waals surface area contributed by atoms with E-state index < -0.39 is 0 Å². The van der Waals surface area contributed by atoms with Gasteiger partial charge >= 0.3 is 0 Å². The van der Waals surface area contributed by atoms with Crippen molar-refractivity contribution in [2.24, 2.45) is 0 Å². The molecule has 0 aromatic heterocycles. The van der Waals surface area contributed by atoms with Crippen molar-refractivity contribution in [3.63, 3.8) is 0 Å². The summed E-state index contributed by atoms with van der Waals surface area (Å²) in [4.78, 5) is 2.22. The second-order valence-electron chi connectivity index (χ2n) is 5.78. The Bertz CT molecular complexity index is 562. The number of hydrogen-bond acceptors (Lipinski definition) is 3. The van der Waals surface area contributed by atoms with E-state index in [4.69, 9.17) is 17.0 Å². The van der Waals surface area contributed by atoms with Crippen molar-refractivity contribution in [3.05, 3.63) is 36.0 Å². The molecule has 0 aliphatic carbocycles. The molecule has 21 heavy (non-hydrogen) atoms. The molecule has 0 bridgehead atoms. The summed E-state index contributed by atoms with van der Waals surface area (Å²) < 4.78 is 5.65. The van der Waals surface area contributed by atoms with Crippen LogP contribution in [0.2, 0.25) is 0 Å². The van der Waals surface area contributed by atoms with Gasteiger partial charge in [0.2, 0.25) is 0 Å². The first-order valence-corrected chi connectivity index (χ1v) is 7.77. The first-order valence-electron chi connectivity index (χ1n) is 7.36. The van der Waals surface area contributed by atoms with E-state index in [1.165, 1.54) is 0 Å². The lowest BCUT2D eigenvalue weighted by atomic mass is 10.1. The fraction of sp³-hybridized carbons (Fsp3) is 0.438. The third-order valence-corrected chi connectivity index (χ3v) is 4.21. The van der Waals surface area contributed by atoms with Gasteiger partial charge in [0.05, 0.1) is 0 Å². The highest BCUT2D eigenvalue weighted by molar-refractivity contribution is 7.80. The first-order chi connectivity index (χ1) is 10.1. The Labute approximate surface area is 131 Å². The molecule has 112 valence electrons. The quantitative estimate of drug-likeness (QED) is 0.776. The smallest absolute Gasteiger partial charge is 0.173 e. The Balaban J connectivity index is 1.65. The monoisotopic (exact) mass is 303 g/mol. The van der Waals surface area contributed by atoms with Gasteiger partial charge in [-0.15, -0.1) is 0 Å². The van der Waals surface area contributed by atoms with Crippen molar-refractivity contribution < 1.29 is 4.74 Å². The predicted octanol–water partition coefficient (Wildman–Crippen LogP) is 1.98. The normalized spacial score (nSPS) is 26.4. The van der Waals surface area contributed by atoms with E-state index in [0.29, 0.717) is 18.7 Å². The topological polar surface area (TPSA) is 36.5 Å². The standard InChI is InChI=1S/C16H21N3OS/c1-11-8-19(9-12(2)18-11)16(21)17-7-13-10-20-15-6-4-3-5-14(13)15/h3-7,11-12,18H,8-10H2,1-2H3,(H,17,21)/b13-7-/t11-,12+. The van der Waals surface area contributed by atoms with E-state index >= 15 is 0 Å². The van der Waals surface area contributed by atoms with Gasteiger partial charge in [-0.05, 0) is 32.1 Å². The van der Waals surface area contributed by atoms with Crippen molar-refractivity contribution in [1.82, 2.24) is 15.5 Å². The van der Waals surface area contributed by atoms with Gasteiger partial charge in [0.15, 0.2) is 5.11 Å². The molecule has 0 radical (unpaired) electrons. The summed E-state index contributed by atoms with van der Waals surface area (Å²) in [6.45, 7) is 6.85. The fourth-order valence-electron chi connectivity index (χ4n) is 2.94. The van der Waals surface area contributed by atoms with Crippen LogP contribution >= 0.6 is 12.2 Å². The van der Waals surface area contributed by atoms with Crippen LogP contribution in [0, 0.1) is 0 Å². The van der Waals surface area contributed by atoms with Gasteiger partial charge in [0.1, 0.15) is 12.4 Å². The van der Waals surface area contributed by atoms with Crippen molar-refractivity contribution in [2.75, 3.05) is 19.7 Å². The molecular weight excluding hydrogens is 282 g/mol. The van der Waals surface area contributed by atoms with E-state index in [1.807, 2.05) is 24.4 Å². The summed E-state index contributed by atoms with van der Waals surface area (Å²) in [5, 5.41) is 7.56. The van der Waals surface area contributed by atoms with Gasteiger partial charge in [0.25, 0.3) is 0 Å². The molecule has 1 aromatic carbocycles. The number of fused-ring (bicyclic) bond motifs is 1. The largest absolute Gasteiger partial charge is 0.488 e. The minimum atomic E-state index is 0.455. The van der Waals surface area contributed by atoms with Crippen molar-refractivity contribution in [3.8, 4) is 5.75 Å². The predicted molar refractivity (Wildman–Crippen MR) is 89.3 cm³/mol. The Morgan fingerprint density at radius 2 is 2.05 bits per heavy atom. The molecule has 2 heterocycles. The maximum Gasteiger partial charge on any atom is 0.173 e. The van der Waals surface area contributed by atoms with Gasteiger partial charge in [-0.2, -0.15) is 0 Å². The maximum atomic E-state index is 5.65. The second kappa shape index (κ2) is 6.03. The minimum absolute atomic E-state index is 0.455. The van der Waals surface area contributed by atoms with Crippen LogP contribution in [0.3, 0.4) is 0 Å². The minimum Gasteiger partial charge on any atom is -0.488 e. The van der Waals surface area contributed by atoms with Gasteiger partial charge < -0.3 is 20.3 Å². The summed E-state index contributed by atoms with van der Waals surface area (Å²) >= 11 is 5.51. The maximum absolute atomic E-state index is 5.65. The summed E-state index contributed by atoms with van der Waals surface area (Å²) in [6, 6.07) is 9.00. The number of thiocarbonyl (C=S) groups is 1.